The molecule has 0 aliphatic rings. The van der Waals surface area contributed by atoms with E-state index in [-0.39, 0.29) is 23.7 Å². The Balaban J connectivity index is 0.00000137. The summed E-state index contributed by atoms with van der Waals surface area (Å²) in [6.07, 6.45) is 0.751. The molecule has 2 N–H and O–H groups in total. The molecule has 0 aromatic heterocycles. The van der Waals surface area contributed by atoms with E-state index in [1.165, 1.54) is 12.1 Å². The third kappa shape index (κ3) is 5.21. The topological polar surface area (TPSA) is 90.5 Å². The van der Waals surface area contributed by atoms with Crippen molar-refractivity contribution in [2.75, 3.05) is 6.61 Å². The van der Waals surface area contributed by atoms with Crippen molar-refractivity contribution in [3.63, 3.8) is 0 Å². The second-order valence-corrected chi connectivity index (χ2v) is 3.10. The summed E-state index contributed by atoms with van der Waals surface area (Å²) in [4.78, 5) is 11.4. The van der Waals surface area contributed by atoms with Gasteiger partial charge in [-0.05, 0) is 24.6 Å². The minimum atomic E-state index is -0.716. The molecule has 1 aromatic carbocycles. The quantitative estimate of drug-likeness (QED) is 0.487. The average molecular weight is 251 g/mol. The van der Waals surface area contributed by atoms with Crippen molar-refractivity contribution in [3.05, 3.63) is 23.8 Å². The molecule has 0 unspecified atom stereocenters. The van der Waals surface area contributed by atoms with E-state index in [0.717, 1.165) is 6.07 Å². The molecule has 18 heavy (non-hydrogen) atoms. The van der Waals surface area contributed by atoms with Crippen LogP contribution in [-0.4, -0.2) is 22.8 Å². The molecular weight excluding hydrogens is 234 g/mol. The van der Waals surface area contributed by atoms with Crippen LogP contribution in [0.25, 0.3) is 0 Å². The number of ether oxygens (including phenoxy) is 1. The SMILES string of the molecule is CC.N#CCCCOC(=O)c1cc(O)ccc1O. The summed E-state index contributed by atoms with van der Waals surface area (Å²) in [6.45, 7) is 4.11. The highest BCUT2D eigenvalue weighted by atomic mass is 16.5. The van der Waals surface area contributed by atoms with Gasteiger partial charge in [0.1, 0.15) is 17.1 Å². The van der Waals surface area contributed by atoms with E-state index in [1.807, 2.05) is 19.9 Å². The van der Waals surface area contributed by atoms with Crippen molar-refractivity contribution < 1.29 is 19.7 Å². The minimum Gasteiger partial charge on any atom is -0.508 e. The van der Waals surface area contributed by atoms with Crippen molar-refractivity contribution in [1.29, 1.82) is 5.26 Å². The van der Waals surface area contributed by atoms with Gasteiger partial charge in [-0.3, -0.25) is 0 Å². The number of aromatic hydroxyl groups is 2. The highest BCUT2D eigenvalue weighted by molar-refractivity contribution is 5.92. The number of hydrogen-bond acceptors (Lipinski definition) is 5. The maximum absolute atomic E-state index is 11.4. The predicted octanol–water partition coefficient (Wildman–Crippen LogP) is 2.58. The van der Waals surface area contributed by atoms with E-state index < -0.39 is 5.97 Å². The van der Waals surface area contributed by atoms with Crippen LogP contribution in [0, 0.1) is 11.3 Å². The van der Waals surface area contributed by atoms with E-state index in [4.69, 9.17) is 15.1 Å². The Morgan fingerprint density at radius 2 is 2.06 bits per heavy atom. The Morgan fingerprint density at radius 1 is 1.39 bits per heavy atom. The summed E-state index contributed by atoms with van der Waals surface area (Å²) in [6, 6.07) is 5.52. The zero-order valence-corrected chi connectivity index (χ0v) is 10.5. The first kappa shape index (κ1) is 15.8. The fourth-order valence-electron chi connectivity index (χ4n) is 1.08. The van der Waals surface area contributed by atoms with E-state index in [1.54, 1.807) is 0 Å². The standard InChI is InChI=1S/C11H11NO4.C2H6/c12-5-1-2-6-16-11(15)9-7-8(13)3-4-10(9)14;1-2/h3-4,7,13-14H,1-2,6H2;1-2H3. The van der Waals surface area contributed by atoms with Crippen LogP contribution in [-0.2, 0) is 4.74 Å². The van der Waals surface area contributed by atoms with Gasteiger partial charge in [-0.1, -0.05) is 13.8 Å². The molecule has 0 radical (unpaired) electrons. The number of unbranched alkanes of at least 4 members (excludes halogenated alkanes) is 1. The Bertz CT molecular complexity index is 423. The van der Waals surface area contributed by atoms with Gasteiger partial charge in [0.2, 0.25) is 0 Å². The average Bonchev–Trinajstić information content (AvgIpc) is 2.39. The zero-order chi connectivity index (χ0) is 14.0. The van der Waals surface area contributed by atoms with Gasteiger partial charge in [-0.25, -0.2) is 4.79 Å². The second kappa shape index (κ2) is 8.88. The molecule has 0 aliphatic carbocycles. The Kier molecular flexibility index (Phi) is 7.78. The number of hydrogen-bond donors (Lipinski definition) is 2. The van der Waals surface area contributed by atoms with Crippen LogP contribution in [0.2, 0.25) is 0 Å². The Morgan fingerprint density at radius 3 is 2.67 bits per heavy atom. The van der Waals surface area contributed by atoms with Crippen molar-refractivity contribution >= 4 is 5.97 Å². The van der Waals surface area contributed by atoms with Crippen LogP contribution in [0.15, 0.2) is 18.2 Å². The van der Waals surface area contributed by atoms with Crippen LogP contribution in [0.5, 0.6) is 11.5 Å². The molecule has 0 saturated heterocycles. The summed E-state index contributed by atoms with van der Waals surface area (Å²) in [7, 11) is 0. The molecule has 0 amide bonds. The molecule has 0 heterocycles. The molecule has 0 spiro atoms. The Labute approximate surface area is 106 Å². The first-order valence-electron chi connectivity index (χ1n) is 5.71. The van der Waals surface area contributed by atoms with Crippen molar-refractivity contribution in [3.8, 4) is 17.6 Å². The highest BCUT2D eigenvalue weighted by Gasteiger charge is 2.12. The molecular formula is C13H17NO4. The van der Waals surface area contributed by atoms with Gasteiger partial charge in [-0.15, -0.1) is 0 Å². The molecule has 98 valence electrons. The molecule has 0 bridgehead atoms. The maximum atomic E-state index is 11.4. The van der Waals surface area contributed by atoms with Crippen LogP contribution in [0.3, 0.4) is 0 Å². The lowest BCUT2D eigenvalue weighted by molar-refractivity contribution is 0.0498. The normalized spacial score (nSPS) is 8.72. The number of phenols is 2. The summed E-state index contributed by atoms with van der Waals surface area (Å²) >= 11 is 0. The molecule has 1 aromatic rings. The first-order chi connectivity index (χ1) is 8.65. The number of carbonyl (C=O) groups excluding carboxylic acids is 1. The van der Waals surface area contributed by atoms with Crippen LogP contribution in [0.1, 0.15) is 37.0 Å². The highest BCUT2D eigenvalue weighted by Crippen LogP contribution is 2.22. The maximum Gasteiger partial charge on any atom is 0.342 e. The number of nitrogens with zero attached hydrogens (tertiary/aromatic N) is 1. The van der Waals surface area contributed by atoms with Crippen molar-refractivity contribution in [2.45, 2.75) is 26.7 Å². The first-order valence-corrected chi connectivity index (χ1v) is 5.71. The molecule has 0 fully saturated rings. The van der Waals surface area contributed by atoms with E-state index in [2.05, 4.69) is 0 Å². The predicted molar refractivity (Wildman–Crippen MR) is 66.2 cm³/mol. The van der Waals surface area contributed by atoms with E-state index in [9.17, 15) is 9.90 Å². The van der Waals surface area contributed by atoms with E-state index >= 15 is 0 Å². The van der Waals surface area contributed by atoms with Crippen molar-refractivity contribution in [1.82, 2.24) is 0 Å². The zero-order valence-electron chi connectivity index (χ0n) is 10.5. The minimum absolute atomic E-state index is 0.0862. The molecule has 0 aliphatic heterocycles. The summed E-state index contributed by atoms with van der Waals surface area (Å²) in [5.41, 5.74) is -0.0862. The lowest BCUT2D eigenvalue weighted by Crippen LogP contribution is -2.06. The van der Waals surface area contributed by atoms with Gasteiger partial charge in [0.05, 0.1) is 12.7 Å². The number of nitriles is 1. The van der Waals surface area contributed by atoms with Crippen LogP contribution < -0.4 is 0 Å². The number of phenolic OH excluding ortho intramolecular Hbond substituents is 2. The second-order valence-electron chi connectivity index (χ2n) is 3.10. The van der Waals surface area contributed by atoms with E-state index in [0.29, 0.717) is 12.8 Å². The summed E-state index contributed by atoms with van der Waals surface area (Å²) in [5.74, 6) is -1.09. The Hall–Kier alpha value is -2.22. The number of carbonyl (C=O) groups is 1. The summed E-state index contributed by atoms with van der Waals surface area (Å²) in [5, 5.41) is 26.7. The fourth-order valence-corrected chi connectivity index (χ4v) is 1.08. The fraction of sp³-hybridized carbons (Fsp3) is 0.385. The lowest BCUT2D eigenvalue weighted by Gasteiger charge is -2.05. The van der Waals surface area contributed by atoms with Crippen LogP contribution in [0.4, 0.5) is 0 Å². The van der Waals surface area contributed by atoms with Gasteiger partial charge in [0, 0.05) is 6.42 Å². The summed E-state index contributed by atoms with van der Waals surface area (Å²) < 4.78 is 4.80. The third-order valence-electron chi connectivity index (χ3n) is 1.87. The third-order valence-corrected chi connectivity index (χ3v) is 1.87. The number of rotatable bonds is 4. The molecule has 0 saturated carbocycles. The molecule has 5 nitrogen and oxygen atoms in total. The molecule has 1 rings (SSSR count). The molecule has 0 atom stereocenters. The van der Waals surface area contributed by atoms with Crippen molar-refractivity contribution in [2.24, 2.45) is 0 Å². The monoisotopic (exact) mass is 251 g/mol. The van der Waals surface area contributed by atoms with Gasteiger partial charge in [-0.2, -0.15) is 5.26 Å². The van der Waals surface area contributed by atoms with Gasteiger partial charge in [0.25, 0.3) is 0 Å². The lowest BCUT2D eigenvalue weighted by atomic mass is 10.2. The largest absolute Gasteiger partial charge is 0.508 e. The van der Waals surface area contributed by atoms with Gasteiger partial charge < -0.3 is 14.9 Å². The van der Waals surface area contributed by atoms with Crippen LogP contribution >= 0.6 is 0 Å². The number of benzene rings is 1. The van der Waals surface area contributed by atoms with Gasteiger partial charge in [0.15, 0.2) is 0 Å². The smallest absolute Gasteiger partial charge is 0.342 e. The number of esters is 1. The molecule has 5 heteroatoms. The van der Waals surface area contributed by atoms with Gasteiger partial charge >= 0.3 is 5.97 Å².